The van der Waals surface area contributed by atoms with Crippen molar-refractivity contribution in [2.45, 2.75) is 72.2 Å². The highest BCUT2D eigenvalue weighted by Gasteiger charge is 2.22. The summed E-state index contributed by atoms with van der Waals surface area (Å²) in [6.07, 6.45) is 5.78. The average Bonchev–Trinajstić information content (AvgIpc) is 3.45. The molecule has 5 aromatic rings. The van der Waals surface area contributed by atoms with Crippen LogP contribution in [0.4, 0.5) is 0 Å². The summed E-state index contributed by atoms with van der Waals surface area (Å²) in [5.74, 6) is 2.58. The van der Waals surface area contributed by atoms with Gasteiger partial charge >= 0.3 is 0 Å². The van der Waals surface area contributed by atoms with E-state index in [9.17, 15) is 0 Å². The predicted molar refractivity (Wildman–Crippen MR) is 185 cm³/mol. The fraction of sp³-hybridized carbons (Fsp3) is 0.325. The number of rotatable bonds is 17. The van der Waals surface area contributed by atoms with Crippen LogP contribution in [0.5, 0.6) is 11.5 Å². The molecule has 5 nitrogen and oxygen atoms in total. The molecule has 5 heteroatoms. The maximum Gasteiger partial charge on any atom is 0.161 e. The molecule has 0 aliphatic carbocycles. The van der Waals surface area contributed by atoms with Crippen LogP contribution >= 0.6 is 0 Å². The molecular formula is C40H47N3O2. The number of aromatic nitrogens is 2. The second-order valence-corrected chi connectivity index (χ2v) is 11.6. The van der Waals surface area contributed by atoms with Gasteiger partial charge in [-0.1, -0.05) is 130 Å². The smallest absolute Gasteiger partial charge is 0.161 e. The normalized spacial score (nSPS) is 11.2. The van der Waals surface area contributed by atoms with Gasteiger partial charge in [0.2, 0.25) is 0 Å². The van der Waals surface area contributed by atoms with Crippen LogP contribution < -0.4 is 9.47 Å². The van der Waals surface area contributed by atoms with E-state index in [-0.39, 0.29) is 0 Å². The van der Waals surface area contributed by atoms with Crippen molar-refractivity contribution >= 4 is 0 Å². The van der Waals surface area contributed by atoms with Gasteiger partial charge in [-0.05, 0) is 42.6 Å². The summed E-state index contributed by atoms with van der Waals surface area (Å²) in [6.45, 7) is 8.59. The largest absolute Gasteiger partial charge is 0.493 e. The topological polar surface area (TPSA) is 39.5 Å². The number of hydrogen-bond acceptors (Lipinski definition) is 4. The summed E-state index contributed by atoms with van der Waals surface area (Å²) in [6, 6.07) is 37.9. The first-order chi connectivity index (χ1) is 22.2. The van der Waals surface area contributed by atoms with Gasteiger partial charge in [0.1, 0.15) is 12.4 Å². The first-order valence-electron chi connectivity index (χ1n) is 16.5. The van der Waals surface area contributed by atoms with Crippen LogP contribution in [0.2, 0.25) is 0 Å². The van der Waals surface area contributed by atoms with E-state index in [1.165, 1.54) is 24.1 Å². The Labute approximate surface area is 269 Å². The van der Waals surface area contributed by atoms with Crippen LogP contribution in [0.3, 0.4) is 0 Å². The van der Waals surface area contributed by atoms with Crippen molar-refractivity contribution in [1.29, 1.82) is 0 Å². The van der Waals surface area contributed by atoms with E-state index in [0.717, 1.165) is 85.1 Å². The van der Waals surface area contributed by atoms with Crippen LogP contribution in [0, 0.1) is 0 Å². The molecule has 0 amide bonds. The van der Waals surface area contributed by atoms with Gasteiger partial charge in [-0.15, -0.1) is 0 Å². The first kappa shape index (κ1) is 32.1. The Morgan fingerprint density at radius 3 is 2.00 bits per heavy atom. The minimum Gasteiger partial charge on any atom is -0.493 e. The van der Waals surface area contributed by atoms with Gasteiger partial charge in [-0.2, -0.15) is 0 Å². The number of methoxy groups -OCH3 is 1. The molecule has 0 N–H and O–H groups in total. The SMILES string of the molecule is CCCCCn1c(-c2ccccc2)nc(-c2ccccc2)c1CN(CCCC)Cc1ccc(OC)c(OCc2ccccc2)c1. The van der Waals surface area contributed by atoms with Crippen LogP contribution in [0.15, 0.2) is 109 Å². The standard InChI is InChI=1S/C40H47N3O2/c1-4-6-17-27-43-36(39(34-20-13-9-14-21-34)41-40(43)35-22-15-10-16-23-35)30-42(26-7-5-2)29-33-24-25-37(44-3)38(28-33)45-31-32-18-11-8-12-19-32/h8-16,18-25,28H,4-7,17,26-27,29-31H2,1-3H3. The highest BCUT2D eigenvalue weighted by molar-refractivity contribution is 5.68. The minimum absolute atomic E-state index is 0.500. The van der Waals surface area contributed by atoms with Crippen molar-refractivity contribution in [2.75, 3.05) is 13.7 Å². The van der Waals surface area contributed by atoms with Gasteiger partial charge in [0, 0.05) is 30.8 Å². The maximum atomic E-state index is 6.28. The lowest BCUT2D eigenvalue weighted by Crippen LogP contribution is -2.26. The van der Waals surface area contributed by atoms with Gasteiger partial charge in [0.25, 0.3) is 0 Å². The third kappa shape index (κ3) is 8.64. The van der Waals surface area contributed by atoms with Crippen molar-refractivity contribution in [3.8, 4) is 34.1 Å². The fourth-order valence-electron chi connectivity index (χ4n) is 5.78. The molecular weight excluding hydrogens is 554 g/mol. The number of unbranched alkanes of at least 4 members (excludes halogenated alkanes) is 3. The Kier molecular flexibility index (Phi) is 11.9. The molecule has 0 bridgehead atoms. The highest BCUT2D eigenvalue weighted by Crippen LogP contribution is 2.33. The lowest BCUT2D eigenvalue weighted by Gasteiger charge is -2.25. The van der Waals surface area contributed by atoms with E-state index in [4.69, 9.17) is 14.5 Å². The van der Waals surface area contributed by atoms with Crippen molar-refractivity contribution in [2.24, 2.45) is 0 Å². The van der Waals surface area contributed by atoms with Crippen molar-refractivity contribution < 1.29 is 9.47 Å². The number of nitrogens with zero attached hydrogens (tertiary/aromatic N) is 3. The lowest BCUT2D eigenvalue weighted by molar-refractivity contribution is 0.244. The second kappa shape index (κ2) is 16.6. The Bertz CT molecular complexity index is 1580. The fourth-order valence-corrected chi connectivity index (χ4v) is 5.78. The Morgan fingerprint density at radius 2 is 1.33 bits per heavy atom. The van der Waals surface area contributed by atoms with E-state index in [0.29, 0.717) is 6.61 Å². The molecule has 0 radical (unpaired) electrons. The molecule has 0 saturated heterocycles. The van der Waals surface area contributed by atoms with E-state index in [2.05, 4.69) is 108 Å². The summed E-state index contributed by atoms with van der Waals surface area (Å²) in [5, 5.41) is 0. The summed E-state index contributed by atoms with van der Waals surface area (Å²) in [7, 11) is 1.70. The molecule has 1 heterocycles. The monoisotopic (exact) mass is 601 g/mol. The Balaban J connectivity index is 1.49. The Hall–Kier alpha value is -4.35. The second-order valence-electron chi connectivity index (χ2n) is 11.6. The zero-order valence-corrected chi connectivity index (χ0v) is 27.1. The summed E-state index contributed by atoms with van der Waals surface area (Å²) >= 11 is 0. The third-order valence-electron chi connectivity index (χ3n) is 8.21. The maximum absolute atomic E-state index is 6.28. The molecule has 234 valence electrons. The van der Waals surface area contributed by atoms with Crippen molar-refractivity contribution in [1.82, 2.24) is 14.5 Å². The number of benzene rings is 4. The number of hydrogen-bond donors (Lipinski definition) is 0. The van der Waals surface area contributed by atoms with Gasteiger partial charge in [0.05, 0.1) is 18.5 Å². The van der Waals surface area contributed by atoms with E-state index < -0.39 is 0 Å². The van der Waals surface area contributed by atoms with Gasteiger partial charge in [-0.25, -0.2) is 4.98 Å². The quantitative estimate of drug-likeness (QED) is 0.0995. The van der Waals surface area contributed by atoms with E-state index in [1.807, 2.05) is 24.3 Å². The first-order valence-corrected chi connectivity index (χ1v) is 16.5. The van der Waals surface area contributed by atoms with Crippen LogP contribution in [-0.2, 0) is 26.2 Å². The number of imidazole rings is 1. The molecule has 0 fully saturated rings. The van der Waals surface area contributed by atoms with Gasteiger partial charge in [0.15, 0.2) is 11.5 Å². The highest BCUT2D eigenvalue weighted by atomic mass is 16.5. The van der Waals surface area contributed by atoms with Gasteiger partial charge < -0.3 is 14.0 Å². The molecule has 45 heavy (non-hydrogen) atoms. The molecule has 0 atom stereocenters. The summed E-state index contributed by atoms with van der Waals surface area (Å²) in [4.78, 5) is 7.93. The zero-order chi connectivity index (χ0) is 31.3. The van der Waals surface area contributed by atoms with Crippen molar-refractivity contribution in [3.63, 3.8) is 0 Å². The van der Waals surface area contributed by atoms with Crippen molar-refractivity contribution in [3.05, 3.63) is 126 Å². The van der Waals surface area contributed by atoms with E-state index in [1.54, 1.807) is 7.11 Å². The van der Waals surface area contributed by atoms with E-state index >= 15 is 0 Å². The molecule has 0 spiro atoms. The van der Waals surface area contributed by atoms with Crippen LogP contribution in [0.1, 0.15) is 62.8 Å². The molecule has 0 saturated carbocycles. The minimum atomic E-state index is 0.500. The van der Waals surface area contributed by atoms with Crippen LogP contribution in [0.25, 0.3) is 22.6 Å². The predicted octanol–water partition coefficient (Wildman–Crippen LogP) is 9.80. The molecule has 0 unspecified atom stereocenters. The molecule has 1 aromatic heterocycles. The molecule has 0 aliphatic rings. The molecule has 4 aromatic carbocycles. The lowest BCUT2D eigenvalue weighted by atomic mass is 10.1. The molecule has 5 rings (SSSR count). The van der Waals surface area contributed by atoms with Gasteiger partial charge in [-0.3, -0.25) is 4.90 Å². The number of ether oxygens (including phenoxy) is 2. The zero-order valence-electron chi connectivity index (χ0n) is 27.1. The van der Waals surface area contributed by atoms with Crippen LogP contribution in [-0.4, -0.2) is 28.1 Å². The third-order valence-corrected chi connectivity index (χ3v) is 8.21. The summed E-state index contributed by atoms with van der Waals surface area (Å²) in [5.41, 5.74) is 7.02. The Morgan fingerprint density at radius 1 is 0.667 bits per heavy atom. The summed E-state index contributed by atoms with van der Waals surface area (Å²) < 4.78 is 14.5. The molecule has 0 aliphatic heterocycles. The average molecular weight is 602 g/mol.